The highest BCUT2D eigenvalue weighted by Crippen LogP contribution is 2.31. The van der Waals surface area contributed by atoms with E-state index in [-0.39, 0.29) is 56.6 Å². The molecule has 2 saturated heterocycles. The number of anilines is 2. The van der Waals surface area contributed by atoms with Crippen molar-refractivity contribution in [2.75, 3.05) is 49.1 Å². The van der Waals surface area contributed by atoms with E-state index in [4.69, 9.17) is 10.5 Å². The molecule has 1 aromatic carbocycles. The molecule has 2 aliphatic heterocycles. The van der Waals surface area contributed by atoms with Crippen LogP contribution < -0.4 is 21.0 Å². The fourth-order valence-corrected chi connectivity index (χ4v) is 3.51. The van der Waals surface area contributed by atoms with Crippen LogP contribution >= 0.6 is 0 Å². The molecule has 2 amide bonds. The van der Waals surface area contributed by atoms with Crippen LogP contribution in [0.2, 0.25) is 0 Å². The summed E-state index contributed by atoms with van der Waals surface area (Å²) < 4.78 is 36.1. The molecule has 31 heavy (non-hydrogen) atoms. The Hall–Kier alpha value is -3.39. The average molecular weight is 437 g/mol. The molecule has 1 aromatic heterocycles. The number of cyclic esters (lactones) is 1. The van der Waals surface area contributed by atoms with Crippen LogP contribution in [0.25, 0.3) is 0 Å². The molecule has 0 radical (unpaired) electrons. The lowest BCUT2D eigenvalue weighted by Gasteiger charge is -2.25. The quantitative estimate of drug-likeness (QED) is 0.609. The van der Waals surface area contributed by atoms with E-state index >= 15 is 0 Å². The van der Waals surface area contributed by atoms with Gasteiger partial charge in [0.1, 0.15) is 24.7 Å². The van der Waals surface area contributed by atoms with Gasteiger partial charge in [-0.05, 0) is 10.4 Å². The summed E-state index contributed by atoms with van der Waals surface area (Å²) in [6.07, 6.45) is 0.102. The van der Waals surface area contributed by atoms with Crippen molar-refractivity contribution in [2.45, 2.75) is 12.6 Å². The van der Waals surface area contributed by atoms with Gasteiger partial charge in [-0.1, -0.05) is 0 Å². The summed E-state index contributed by atoms with van der Waals surface area (Å²) in [5.41, 5.74) is 8.28. The molecule has 0 aliphatic carbocycles. The number of carbonyl (C=O) groups is 2. The predicted octanol–water partition coefficient (Wildman–Crippen LogP) is -0.911. The SMILES string of the molecule is NC[C@H]1CN(c2cc(F)c(N3CCNN(C(=O)Cn4cnnn4)CC3)c(F)c2)C(=O)O1. The van der Waals surface area contributed by atoms with E-state index in [1.54, 1.807) is 0 Å². The molecule has 2 aliphatic rings. The van der Waals surface area contributed by atoms with Crippen molar-refractivity contribution in [2.24, 2.45) is 5.73 Å². The highest BCUT2D eigenvalue weighted by molar-refractivity contribution is 5.90. The fourth-order valence-electron chi connectivity index (χ4n) is 3.51. The van der Waals surface area contributed by atoms with Crippen molar-refractivity contribution in [3.63, 3.8) is 0 Å². The number of aromatic nitrogens is 4. The molecular formula is C17H21F2N9O3. The number of hydrazine groups is 1. The highest BCUT2D eigenvalue weighted by atomic mass is 19.1. The fraction of sp³-hybridized carbons (Fsp3) is 0.471. The Bertz CT molecular complexity index is 935. The third-order valence-electron chi connectivity index (χ3n) is 5.03. The van der Waals surface area contributed by atoms with Gasteiger partial charge >= 0.3 is 6.09 Å². The zero-order chi connectivity index (χ0) is 22.0. The normalized spacial score (nSPS) is 19.5. The molecule has 1 atom stereocenters. The van der Waals surface area contributed by atoms with Gasteiger partial charge in [-0.15, -0.1) is 5.10 Å². The molecule has 0 saturated carbocycles. The first kappa shape index (κ1) is 20.9. The molecular weight excluding hydrogens is 416 g/mol. The Kier molecular flexibility index (Phi) is 5.90. The molecule has 0 spiro atoms. The molecule has 14 heteroatoms. The molecule has 2 fully saturated rings. The van der Waals surface area contributed by atoms with Gasteiger partial charge < -0.3 is 15.4 Å². The third-order valence-corrected chi connectivity index (χ3v) is 5.03. The number of hydrogen-bond donors (Lipinski definition) is 2. The van der Waals surface area contributed by atoms with Crippen LogP contribution in [0.4, 0.5) is 25.0 Å². The lowest BCUT2D eigenvalue weighted by Crippen LogP contribution is -2.45. The summed E-state index contributed by atoms with van der Waals surface area (Å²) in [5, 5.41) is 12.0. The van der Waals surface area contributed by atoms with E-state index in [1.165, 1.54) is 20.9 Å². The molecule has 166 valence electrons. The summed E-state index contributed by atoms with van der Waals surface area (Å²) in [4.78, 5) is 27.0. The molecule has 2 aromatic rings. The third kappa shape index (κ3) is 4.39. The Labute approximate surface area is 175 Å². The number of nitrogens with zero attached hydrogens (tertiary/aromatic N) is 7. The second-order valence-corrected chi connectivity index (χ2v) is 7.06. The van der Waals surface area contributed by atoms with Crippen molar-refractivity contribution < 1.29 is 23.1 Å². The van der Waals surface area contributed by atoms with Crippen LogP contribution in [0.1, 0.15) is 0 Å². The minimum Gasteiger partial charge on any atom is -0.443 e. The lowest BCUT2D eigenvalue weighted by molar-refractivity contribution is -0.134. The molecule has 3 N–H and O–H groups in total. The molecule has 0 unspecified atom stereocenters. The van der Waals surface area contributed by atoms with E-state index in [0.29, 0.717) is 6.54 Å². The summed E-state index contributed by atoms with van der Waals surface area (Å²) >= 11 is 0. The maximum Gasteiger partial charge on any atom is 0.414 e. The number of nitrogens with two attached hydrogens (primary N) is 1. The summed E-state index contributed by atoms with van der Waals surface area (Å²) in [6.45, 7) is 1.13. The first-order valence-electron chi connectivity index (χ1n) is 9.63. The van der Waals surface area contributed by atoms with Gasteiger partial charge in [0.05, 0.1) is 18.8 Å². The van der Waals surface area contributed by atoms with E-state index in [9.17, 15) is 18.4 Å². The first-order chi connectivity index (χ1) is 15.0. The number of hydrogen-bond acceptors (Lipinski definition) is 9. The zero-order valence-corrected chi connectivity index (χ0v) is 16.4. The predicted molar refractivity (Wildman–Crippen MR) is 103 cm³/mol. The number of benzene rings is 1. The largest absolute Gasteiger partial charge is 0.443 e. The van der Waals surface area contributed by atoms with E-state index in [1.807, 2.05) is 0 Å². The maximum atomic E-state index is 14.9. The topological polar surface area (TPSA) is 135 Å². The van der Waals surface area contributed by atoms with Crippen LogP contribution in [0.5, 0.6) is 0 Å². The monoisotopic (exact) mass is 437 g/mol. The van der Waals surface area contributed by atoms with Gasteiger partial charge in [0, 0.05) is 38.3 Å². The summed E-state index contributed by atoms with van der Waals surface area (Å²) in [7, 11) is 0. The van der Waals surface area contributed by atoms with Gasteiger partial charge in [-0.3, -0.25) is 14.7 Å². The highest BCUT2D eigenvalue weighted by Gasteiger charge is 2.33. The van der Waals surface area contributed by atoms with Gasteiger partial charge in [0.25, 0.3) is 5.91 Å². The second-order valence-electron chi connectivity index (χ2n) is 7.06. The number of nitrogens with one attached hydrogen (secondary N) is 1. The number of carbonyl (C=O) groups excluding carboxylic acids is 2. The number of halogens is 2. The van der Waals surface area contributed by atoms with Crippen molar-refractivity contribution in [1.29, 1.82) is 0 Å². The minimum absolute atomic E-state index is 0.0610. The van der Waals surface area contributed by atoms with Gasteiger partial charge in [-0.2, -0.15) is 0 Å². The van der Waals surface area contributed by atoms with E-state index in [0.717, 1.165) is 17.0 Å². The smallest absolute Gasteiger partial charge is 0.414 e. The van der Waals surface area contributed by atoms with Crippen LogP contribution in [0, 0.1) is 11.6 Å². The van der Waals surface area contributed by atoms with Gasteiger partial charge in [0.2, 0.25) is 0 Å². The maximum absolute atomic E-state index is 14.9. The van der Waals surface area contributed by atoms with Crippen molar-refractivity contribution in [3.8, 4) is 0 Å². The molecule has 12 nitrogen and oxygen atoms in total. The van der Waals surface area contributed by atoms with Crippen LogP contribution in [-0.4, -0.2) is 82.6 Å². The average Bonchev–Trinajstić information content (AvgIpc) is 3.31. The number of rotatable bonds is 5. The number of ether oxygens (including phenoxy) is 1. The van der Waals surface area contributed by atoms with Crippen molar-refractivity contribution in [1.82, 2.24) is 30.6 Å². The Morgan fingerprint density at radius 3 is 2.68 bits per heavy atom. The Morgan fingerprint density at radius 2 is 2.03 bits per heavy atom. The molecule has 4 rings (SSSR count). The first-order valence-corrected chi connectivity index (χ1v) is 9.63. The Morgan fingerprint density at radius 1 is 1.26 bits per heavy atom. The summed E-state index contributed by atoms with van der Waals surface area (Å²) in [6, 6.07) is 2.19. The van der Waals surface area contributed by atoms with Gasteiger partial charge in [0.15, 0.2) is 11.6 Å². The van der Waals surface area contributed by atoms with E-state index < -0.39 is 23.8 Å². The van der Waals surface area contributed by atoms with E-state index in [2.05, 4.69) is 21.0 Å². The van der Waals surface area contributed by atoms with Crippen molar-refractivity contribution in [3.05, 3.63) is 30.1 Å². The van der Waals surface area contributed by atoms with Crippen molar-refractivity contribution >= 4 is 23.4 Å². The lowest BCUT2D eigenvalue weighted by atomic mass is 10.2. The number of tetrazole rings is 1. The Balaban J connectivity index is 1.46. The number of amides is 2. The van der Waals surface area contributed by atoms with Crippen LogP contribution in [-0.2, 0) is 16.1 Å². The van der Waals surface area contributed by atoms with Crippen LogP contribution in [0.15, 0.2) is 18.5 Å². The molecule has 3 heterocycles. The standard InChI is InChI=1S/C17H21F2N9O3/c18-13-5-11(27-8-12(7-20)31-17(27)30)6-14(19)16(13)25-2-1-22-28(4-3-25)15(29)9-26-10-21-23-24-26/h5-6,10,12,22H,1-4,7-9,20H2/t12-/m0/s1. The van der Waals surface area contributed by atoms with Gasteiger partial charge in [-0.25, -0.2) is 23.7 Å². The summed E-state index contributed by atoms with van der Waals surface area (Å²) in [5.74, 6) is -1.91. The molecule has 0 bridgehead atoms. The minimum atomic E-state index is -0.813. The van der Waals surface area contributed by atoms with Crippen LogP contribution in [0.3, 0.4) is 0 Å². The second kappa shape index (κ2) is 8.77. The zero-order valence-electron chi connectivity index (χ0n) is 16.4.